The molecule has 1 saturated heterocycles. The van der Waals surface area contributed by atoms with Crippen molar-refractivity contribution in [2.24, 2.45) is 0 Å². The van der Waals surface area contributed by atoms with Crippen molar-refractivity contribution in [1.82, 2.24) is 10.2 Å². The predicted octanol–water partition coefficient (Wildman–Crippen LogP) is 1.54. The maximum absolute atomic E-state index is 11.8. The third kappa shape index (κ3) is 4.20. The topological polar surface area (TPSA) is 65.4 Å². The van der Waals surface area contributed by atoms with Crippen molar-refractivity contribution < 1.29 is 9.53 Å². The van der Waals surface area contributed by atoms with Gasteiger partial charge in [-0.05, 0) is 38.1 Å². The second-order valence-corrected chi connectivity index (χ2v) is 5.13. The molecule has 0 saturated carbocycles. The number of ether oxygens (including phenoxy) is 1. The first-order chi connectivity index (χ1) is 10.2. The highest BCUT2D eigenvalue weighted by Gasteiger charge is 2.23. The monoisotopic (exact) mass is 287 g/mol. The molecule has 1 N–H and O–H groups in total. The van der Waals surface area contributed by atoms with Gasteiger partial charge in [-0.1, -0.05) is 19.1 Å². The number of nitrogens with one attached hydrogen (secondary N) is 1. The molecule has 1 unspecified atom stereocenters. The number of hydrogen-bond acceptors (Lipinski definition) is 4. The lowest BCUT2D eigenvalue weighted by molar-refractivity contribution is -0.123. The van der Waals surface area contributed by atoms with Gasteiger partial charge in [0.1, 0.15) is 11.8 Å². The standard InChI is InChI=1S/C16H21N3O2/c1-2-19-9-5-7-14(19)11-18-16(20)12-21-15-8-4-3-6-13(15)10-17/h3-4,6,8,14H,2,5,7,9,11-12H2,1H3,(H,18,20). The molecule has 0 aliphatic carbocycles. The van der Waals surface area contributed by atoms with Gasteiger partial charge < -0.3 is 10.1 Å². The summed E-state index contributed by atoms with van der Waals surface area (Å²) < 4.78 is 5.41. The van der Waals surface area contributed by atoms with Crippen LogP contribution in [0.2, 0.25) is 0 Å². The summed E-state index contributed by atoms with van der Waals surface area (Å²) in [5, 5.41) is 11.9. The van der Waals surface area contributed by atoms with Crippen LogP contribution in [0.4, 0.5) is 0 Å². The van der Waals surface area contributed by atoms with Crippen molar-refractivity contribution in [2.45, 2.75) is 25.8 Å². The van der Waals surface area contributed by atoms with Crippen molar-refractivity contribution >= 4 is 5.91 Å². The van der Waals surface area contributed by atoms with Gasteiger partial charge in [-0.15, -0.1) is 0 Å². The Labute approximate surface area is 125 Å². The molecule has 0 aromatic heterocycles. The molecule has 1 atom stereocenters. The summed E-state index contributed by atoms with van der Waals surface area (Å²) in [6, 6.07) is 9.40. The van der Waals surface area contributed by atoms with Crippen LogP contribution in [-0.2, 0) is 4.79 Å². The molecule has 1 fully saturated rings. The van der Waals surface area contributed by atoms with Crippen LogP contribution in [0.1, 0.15) is 25.3 Å². The maximum atomic E-state index is 11.8. The Hall–Kier alpha value is -2.06. The van der Waals surface area contributed by atoms with Gasteiger partial charge in [0, 0.05) is 12.6 Å². The number of benzene rings is 1. The van der Waals surface area contributed by atoms with Crippen molar-refractivity contribution in [1.29, 1.82) is 5.26 Å². The van der Waals surface area contributed by atoms with E-state index in [1.165, 1.54) is 6.42 Å². The van der Waals surface area contributed by atoms with Gasteiger partial charge >= 0.3 is 0 Å². The first-order valence-corrected chi connectivity index (χ1v) is 7.37. The molecule has 21 heavy (non-hydrogen) atoms. The highest BCUT2D eigenvalue weighted by atomic mass is 16.5. The molecule has 1 amide bonds. The minimum absolute atomic E-state index is 0.0580. The number of nitriles is 1. The fourth-order valence-corrected chi connectivity index (χ4v) is 2.65. The van der Waals surface area contributed by atoms with Crippen LogP contribution in [0, 0.1) is 11.3 Å². The van der Waals surface area contributed by atoms with Gasteiger partial charge in [-0.25, -0.2) is 0 Å². The van der Waals surface area contributed by atoms with Crippen molar-refractivity contribution in [2.75, 3.05) is 26.2 Å². The third-order valence-electron chi connectivity index (χ3n) is 3.81. The van der Waals surface area contributed by atoms with E-state index in [2.05, 4.69) is 17.1 Å². The molecular weight excluding hydrogens is 266 g/mol. The summed E-state index contributed by atoms with van der Waals surface area (Å²) >= 11 is 0. The Kier molecular flexibility index (Phi) is 5.59. The molecule has 1 aromatic rings. The number of rotatable bonds is 6. The van der Waals surface area contributed by atoms with E-state index in [9.17, 15) is 4.79 Å². The van der Waals surface area contributed by atoms with Crippen molar-refractivity contribution in [3.05, 3.63) is 29.8 Å². The number of carbonyl (C=O) groups excluding carboxylic acids is 1. The van der Waals surface area contributed by atoms with Gasteiger partial charge in [-0.2, -0.15) is 5.26 Å². The third-order valence-corrected chi connectivity index (χ3v) is 3.81. The van der Waals surface area contributed by atoms with Crippen LogP contribution < -0.4 is 10.1 Å². The maximum Gasteiger partial charge on any atom is 0.257 e. The second-order valence-electron chi connectivity index (χ2n) is 5.13. The largest absolute Gasteiger partial charge is 0.482 e. The zero-order chi connectivity index (χ0) is 15.1. The van der Waals surface area contributed by atoms with E-state index in [0.29, 0.717) is 23.9 Å². The quantitative estimate of drug-likeness (QED) is 0.862. The molecule has 0 bridgehead atoms. The molecule has 5 nitrogen and oxygen atoms in total. The molecule has 0 spiro atoms. The molecule has 1 aliphatic rings. The Morgan fingerprint density at radius 1 is 1.52 bits per heavy atom. The van der Waals surface area contributed by atoms with E-state index in [0.717, 1.165) is 19.5 Å². The number of likely N-dealkylation sites (N-methyl/N-ethyl adjacent to an activating group) is 1. The molecule has 5 heteroatoms. The van der Waals surface area contributed by atoms with Crippen molar-refractivity contribution in [3.63, 3.8) is 0 Å². The fourth-order valence-electron chi connectivity index (χ4n) is 2.65. The molecule has 0 radical (unpaired) electrons. The van der Waals surface area contributed by atoms with Crippen LogP contribution in [0.15, 0.2) is 24.3 Å². The average Bonchev–Trinajstić information content (AvgIpc) is 2.98. The van der Waals surface area contributed by atoms with Crippen LogP contribution in [0.3, 0.4) is 0 Å². The number of amides is 1. The minimum Gasteiger partial charge on any atom is -0.482 e. The number of hydrogen-bond donors (Lipinski definition) is 1. The summed E-state index contributed by atoms with van der Waals surface area (Å²) in [5.41, 5.74) is 0.443. The molecule has 1 aromatic carbocycles. The average molecular weight is 287 g/mol. The lowest BCUT2D eigenvalue weighted by Gasteiger charge is -2.22. The van der Waals surface area contributed by atoms with Gasteiger partial charge in [0.15, 0.2) is 6.61 Å². The SMILES string of the molecule is CCN1CCCC1CNC(=O)COc1ccccc1C#N. The molecule has 2 rings (SSSR count). The van der Waals surface area contributed by atoms with Gasteiger partial charge in [0.2, 0.25) is 0 Å². The van der Waals surface area contributed by atoms with Crippen LogP contribution >= 0.6 is 0 Å². The normalized spacial score (nSPS) is 18.2. The van der Waals surface area contributed by atoms with E-state index in [1.54, 1.807) is 24.3 Å². The summed E-state index contributed by atoms with van der Waals surface area (Å²) in [4.78, 5) is 14.2. The van der Waals surface area contributed by atoms with E-state index in [-0.39, 0.29) is 12.5 Å². The van der Waals surface area contributed by atoms with Crippen molar-refractivity contribution in [3.8, 4) is 11.8 Å². The fraction of sp³-hybridized carbons (Fsp3) is 0.500. The molecule has 1 heterocycles. The molecule has 112 valence electrons. The number of likely N-dealkylation sites (tertiary alicyclic amines) is 1. The van der Waals surface area contributed by atoms with E-state index >= 15 is 0 Å². The lowest BCUT2D eigenvalue weighted by atomic mass is 10.2. The van der Waals surface area contributed by atoms with Gasteiger partial charge in [0.25, 0.3) is 5.91 Å². The summed E-state index contributed by atoms with van der Waals surface area (Å²) in [5.74, 6) is 0.303. The number of carbonyl (C=O) groups is 1. The first kappa shape index (κ1) is 15.3. The first-order valence-electron chi connectivity index (χ1n) is 7.37. The molecule has 1 aliphatic heterocycles. The van der Waals surface area contributed by atoms with E-state index < -0.39 is 0 Å². The summed E-state index contributed by atoms with van der Waals surface area (Å²) in [6.07, 6.45) is 2.33. The van der Waals surface area contributed by atoms with Crippen LogP contribution in [-0.4, -0.2) is 43.1 Å². The van der Waals surface area contributed by atoms with Gasteiger partial charge in [0.05, 0.1) is 5.56 Å². The highest BCUT2D eigenvalue weighted by Crippen LogP contribution is 2.17. The van der Waals surface area contributed by atoms with Crippen LogP contribution in [0.5, 0.6) is 5.75 Å². The van der Waals surface area contributed by atoms with Crippen LogP contribution in [0.25, 0.3) is 0 Å². The second kappa shape index (κ2) is 7.65. The number of nitrogens with zero attached hydrogens (tertiary/aromatic N) is 2. The summed E-state index contributed by atoms with van der Waals surface area (Å²) in [7, 11) is 0. The predicted molar refractivity (Wildman–Crippen MR) is 79.9 cm³/mol. The zero-order valence-corrected chi connectivity index (χ0v) is 12.3. The minimum atomic E-state index is -0.148. The van der Waals surface area contributed by atoms with E-state index in [4.69, 9.17) is 10.00 Å². The zero-order valence-electron chi connectivity index (χ0n) is 12.3. The van der Waals surface area contributed by atoms with E-state index in [1.807, 2.05) is 6.07 Å². The van der Waals surface area contributed by atoms with Gasteiger partial charge in [-0.3, -0.25) is 9.69 Å². The Bertz CT molecular complexity index is 524. The number of para-hydroxylation sites is 1. The molecular formula is C16H21N3O2. The lowest BCUT2D eigenvalue weighted by Crippen LogP contribution is -2.41. The summed E-state index contributed by atoms with van der Waals surface area (Å²) in [6.45, 7) is 4.88. The Balaban J connectivity index is 1.76. The Morgan fingerprint density at radius 2 is 2.33 bits per heavy atom. The Morgan fingerprint density at radius 3 is 3.10 bits per heavy atom. The smallest absolute Gasteiger partial charge is 0.257 e. The highest BCUT2D eigenvalue weighted by molar-refractivity contribution is 5.77.